The molecule has 4 heterocycles. The Morgan fingerprint density at radius 3 is 2.56 bits per heavy atom. The van der Waals surface area contributed by atoms with Gasteiger partial charge in [0.15, 0.2) is 5.79 Å². The Kier molecular flexibility index (Phi) is 4.87. The van der Waals surface area contributed by atoms with Gasteiger partial charge in [-0.15, -0.1) is 5.10 Å². The average molecular weight is 393 g/mol. The fourth-order valence-electron chi connectivity index (χ4n) is 3.55. The molecule has 27 heavy (non-hydrogen) atoms. The molecule has 0 N–H and O–H groups in total. The van der Waals surface area contributed by atoms with Crippen molar-refractivity contribution in [2.75, 3.05) is 44.3 Å². The monoisotopic (exact) mass is 393 g/mol. The second-order valence-electron chi connectivity index (χ2n) is 6.63. The molecule has 1 amide bonds. The number of rotatable bonds is 4. The van der Waals surface area contributed by atoms with Gasteiger partial charge in [0, 0.05) is 45.2 Å². The molecule has 2 fully saturated rings. The van der Waals surface area contributed by atoms with E-state index in [1.807, 2.05) is 18.7 Å². The van der Waals surface area contributed by atoms with E-state index in [1.165, 1.54) is 22.0 Å². The number of aromatic nitrogens is 3. The normalized spacial score (nSPS) is 19.1. The molecule has 1 spiro atoms. The van der Waals surface area contributed by atoms with Gasteiger partial charge in [-0.3, -0.25) is 9.59 Å². The van der Waals surface area contributed by atoms with Crippen LogP contribution in [0.25, 0.3) is 4.96 Å². The summed E-state index contributed by atoms with van der Waals surface area (Å²) in [7, 11) is 0. The van der Waals surface area contributed by atoms with Gasteiger partial charge in [-0.1, -0.05) is 11.3 Å². The minimum absolute atomic E-state index is 0.0492. The van der Waals surface area contributed by atoms with Crippen LogP contribution < -0.4 is 10.5 Å². The van der Waals surface area contributed by atoms with Gasteiger partial charge in [-0.25, -0.2) is 4.98 Å². The molecule has 2 aromatic rings. The smallest absolute Gasteiger partial charge is 0.288 e. The van der Waals surface area contributed by atoms with E-state index >= 15 is 0 Å². The quantitative estimate of drug-likeness (QED) is 0.765. The Balaban J connectivity index is 1.57. The van der Waals surface area contributed by atoms with Crippen molar-refractivity contribution in [2.24, 2.45) is 0 Å². The number of nitrogens with zero attached hydrogens (tertiary/aromatic N) is 5. The van der Waals surface area contributed by atoms with Crippen molar-refractivity contribution in [1.29, 1.82) is 0 Å². The van der Waals surface area contributed by atoms with Crippen LogP contribution in [0.2, 0.25) is 0 Å². The summed E-state index contributed by atoms with van der Waals surface area (Å²) in [4.78, 5) is 34.2. The van der Waals surface area contributed by atoms with E-state index in [-0.39, 0.29) is 11.5 Å². The maximum absolute atomic E-state index is 12.9. The second-order valence-corrected chi connectivity index (χ2v) is 7.56. The largest absolute Gasteiger partial charge is 0.347 e. The molecule has 2 aliphatic rings. The zero-order chi connectivity index (χ0) is 19.0. The van der Waals surface area contributed by atoms with Crippen molar-refractivity contribution in [3.05, 3.63) is 22.1 Å². The van der Waals surface area contributed by atoms with Gasteiger partial charge in [0.2, 0.25) is 10.1 Å². The van der Waals surface area contributed by atoms with Crippen LogP contribution in [0.5, 0.6) is 0 Å². The van der Waals surface area contributed by atoms with Crippen molar-refractivity contribution >= 4 is 27.3 Å². The molecule has 0 saturated carbocycles. The molecule has 146 valence electrons. The summed E-state index contributed by atoms with van der Waals surface area (Å²) in [5, 5.41) is 5.10. The van der Waals surface area contributed by atoms with Gasteiger partial charge in [-0.2, -0.15) is 4.52 Å². The minimum atomic E-state index is -0.554. The average Bonchev–Trinajstić information content (AvgIpc) is 3.31. The molecule has 4 rings (SSSR count). The summed E-state index contributed by atoms with van der Waals surface area (Å²) in [5.74, 6) is -0.867. The van der Waals surface area contributed by atoms with Crippen LogP contribution >= 0.6 is 11.3 Å². The van der Waals surface area contributed by atoms with Gasteiger partial charge in [0.25, 0.3) is 11.5 Å². The van der Waals surface area contributed by atoms with Crippen molar-refractivity contribution in [3.63, 3.8) is 0 Å². The highest BCUT2D eigenvalue weighted by Gasteiger charge is 2.41. The van der Waals surface area contributed by atoms with Gasteiger partial charge in [0.05, 0.1) is 13.2 Å². The molecular formula is C17H23N5O4S. The first-order valence-corrected chi connectivity index (χ1v) is 10.1. The maximum Gasteiger partial charge on any atom is 0.288 e. The highest BCUT2D eigenvalue weighted by atomic mass is 32.1. The van der Waals surface area contributed by atoms with Crippen LogP contribution in [0.1, 0.15) is 37.0 Å². The van der Waals surface area contributed by atoms with E-state index in [2.05, 4.69) is 10.1 Å². The summed E-state index contributed by atoms with van der Waals surface area (Å²) in [6.07, 6.45) is 2.59. The van der Waals surface area contributed by atoms with E-state index < -0.39 is 11.3 Å². The van der Waals surface area contributed by atoms with Crippen LogP contribution in [0.3, 0.4) is 0 Å². The Labute approximate surface area is 160 Å². The molecule has 2 aromatic heterocycles. The van der Waals surface area contributed by atoms with E-state index in [1.54, 1.807) is 4.90 Å². The zero-order valence-electron chi connectivity index (χ0n) is 15.5. The van der Waals surface area contributed by atoms with E-state index in [4.69, 9.17) is 9.47 Å². The number of carbonyl (C=O) groups is 1. The third-order valence-corrected chi connectivity index (χ3v) is 6.15. The van der Waals surface area contributed by atoms with Crippen molar-refractivity contribution < 1.29 is 14.3 Å². The van der Waals surface area contributed by atoms with Gasteiger partial charge in [0.1, 0.15) is 5.56 Å². The van der Waals surface area contributed by atoms with Crippen molar-refractivity contribution in [1.82, 2.24) is 19.5 Å². The Morgan fingerprint density at radius 1 is 1.26 bits per heavy atom. The number of hydrogen-bond acceptors (Lipinski definition) is 8. The van der Waals surface area contributed by atoms with Crippen molar-refractivity contribution in [2.45, 2.75) is 32.5 Å². The van der Waals surface area contributed by atoms with Crippen LogP contribution in [0.4, 0.5) is 5.13 Å². The van der Waals surface area contributed by atoms with Gasteiger partial charge < -0.3 is 19.3 Å². The van der Waals surface area contributed by atoms with Crippen LogP contribution in [0.15, 0.2) is 11.0 Å². The Hall–Kier alpha value is -2.04. The fraction of sp³-hybridized carbons (Fsp3) is 0.647. The summed E-state index contributed by atoms with van der Waals surface area (Å²) in [5.41, 5.74) is -0.374. The molecule has 0 radical (unpaired) electrons. The third-order valence-electron chi connectivity index (χ3n) is 5.17. The van der Waals surface area contributed by atoms with Crippen molar-refractivity contribution in [3.8, 4) is 0 Å². The topological polar surface area (TPSA) is 89.3 Å². The van der Waals surface area contributed by atoms with E-state index in [9.17, 15) is 9.59 Å². The molecular weight excluding hydrogens is 370 g/mol. The lowest BCUT2D eigenvalue weighted by Crippen LogP contribution is -2.48. The Morgan fingerprint density at radius 2 is 1.93 bits per heavy atom. The maximum atomic E-state index is 12.9. The highest BCUT2D eigenvalue weighted by molar-refractivity contribution is 7.20. The highest BCUT2D eigenvalue weighted by Crippen LogP contribution is 2.31. The number of amides is 1. The molecule has 2 aliphatic heterocycles. The lowest BCUT2D eigenvalue weighted by Gasteiger charge is -2.37. The minimum Gasteiger partial charge on any atom is -0.347 e. The number of carbonyl (C=O) groups excluding carboxylic acids is 1. The number of hydrogen-bond donors (Lipinski definition) is 0. The van der Waals surface area contributed by atoms with Crippen LogP contribution in [0, 0.1) is 0 Å². The van der Waals surface area contributed by atoms with E-state index in [0.717, 1.165) is 18.2 Å². The van der Waals surface area contributed by atoms with E-state index in [0.29, 0.717) is 44.1 Å². The summed E-state index contributed by atoms with van der Waals surface area (Å²) < 4.78 is 12.6. The first kappa shape index (κ1) is 18.3. The standard InChI is InChI=1S/C17H23N5O4S/c1-3-20(4-2)16-19-22-14(24)12(11-18-15(22)27-16)13(23)21-7-5-17(6-8-21)25-9-10-26-17/h11H,3-10H2,1-2H3. The lowest BCUT2D eigenvalue weighted by atomic mass is 10.0. The summed E-state index contributed by atoms with van der Waals surface area (Å²) in [6.45, 7) is 7.80. The van der Waals surface area contributed by atoms with Crippen LogP contribution in [-0.2, 0) is 9.47 Å². The molecule has 0 atom stereocenters. The summed E-state index contributed by atoms with van der Waals surface area (Å²) >= 11 is 1.35. The second kappa shape index (κ2) is 7.17. The first-order chi connectivity index (χ1) is 13.1. The van der Waals surface area contributed by atoms with Gasteiger partial charge >= 0.3 is 0 Å². The van der Waals surface area contributed by atoms with Gasteiger partial charge in [-0.05, 0) is 13.8 Å². The predicted octanol–water partition coefficient (Wildman–Crippen LogP) is 0.976. The molecule has 9 nitrogen and oxygen atoms in total. The number of ether oxygens (including phenoxy) is 2. The molecule has 0 bridgehead atoms. The fourth-order valence-corrected chi connectivity index (χ4v) is 4.54. The Bertz CT molecular complexity index is 890. The third kappa shape index (κ3) is 3.21. The number of piperidine rings is 1. The predicted molar refractivity (Wildman–Crippen MR) is 100 cm³/mol. The molecule has 0 aromatic carbocycles. The lowest BCUT2D eigenvalue weighted by molar-refractivity contribution is -0.181. The molecule has 10 heteroatoms. The first-order valence-electron chi connectivity index (χ1n) is 9.28. The molecule has 2 saturated heterocycles. The SMILES string of the molecule is CCN(CC)c1nn2c(=O)c(C(=O)N3CCC4(CC3)OCCO4)cnc2s1. The molecule has 0 aliphatic carbocycles. The number of anilines is 1. The zero-order valence-corrected chi connectivity index (χ0v) is 16.3. The molecule has 0 unspecified atom stereocenters. The number of fused-ring (bicyclic) bond motifs is 1. The number of likely N-dealkylation sites (tertiary alicyclic amines) is 1. The van der Waals surface area contributed by atoms with Crippen LogP contribution in [-0.4, -0.2) is 70.6 Å². The summed E-state index contributed by atoms with van der Waals surface area (Å²) in [6, 6.07) is 0.